The normalized spacial score (nSPS) is 23.0. The SMILES string of the molecule is CC1(S(=O)(=O)n2ccc3cccnc32)C=CC(I)=CC1. The average Bonchev–Trinajstić information content (AvgIpc) is 2.86. The van der Waals surface area contributed by atoms with Crippen molar-refractivity contribution in [2.45, 2.75) is 18.1 Å². The van der Waals surface area contributed by atoms with E-state index in [-0.39, 0.29) is 0 Å². The first-order chi connectivity index (χ1) is 9.44. The highest BCUT2D eigenvalue weighted by atomic mass is 127. The fraction of sp³-hybridized carbons (Fsp3) is 0.214. The summed E-state index contributed by atoms with van der Waals surface area (Å²) in [5, 5.41) is 0.824. The fourth-order valence-corrected chi connectivity index (χ4v) is 4.23. The first-order valence-electron chi connectivity index (χ1n) is 6.16. The zero-order valence-electron chi connectivity index (χ0n) is 10.8. The van der Waals surface area contributed by atoms with Crippen LogP contribution in [0.4, 0.5) is 0 Å². The van der Waals surface area contributed by atoms with Gasteiger partial charge in [-0.1, -0.05) is 18.2 Å². The van der Waals surface area contributed by atoms with Crippen LogP contribution >= 0.6 is 22.6 Å². The molecule has 0 aromatic carbocycles. The summed E-state index contributed by atoms with van der Waals surface area (Å²) < 4.78 is 27.3. The average molecular weight is 400 g/mol. The lowest BCUT2D eigenvalue weighted by molar-refractivity contribution is 0.554. The van der Waals surface area contributed by atoms with Crippen molar-refractivity contribution in [3.8, 4) is 0 Å². The van der Waals surface area contributed by atoms with Crippen LogP contribution in [-0.4, -0.2) is 22.1 Å². The molecule has 0 saturated heterocycles. The number of pyridine rings is 1. The van der Waals surface area contributed by atoms with Gasteiger partial charge in [-0.05, 0) is 54.1 Å². The van der Waals surface area contributed by atoms with Crippen LogP contribution in [0.25, 0.3) is 11.0 Å². The number of hydrogen-bond acceptors (Lipinski definition) is 3. The van der Waals surface area contributed by atoms with E-state index >= 15 is 0 Å². The molecular weight excluding hydrogens is 387 g/mol. The summed E-state index contributed by atoms with van der Waals surface area (Å²) >= 11 is 2.19. The van der Waals surface area contributed by atoms with Crippen molar-refractivity contribution in [2.75, 3.05) is 0 Å². The Kier molecular flexibility index (Phi) is 3.24. The Labute approximate surface area is 131 Å². The third-order valence-electron chi connectivity index (χ3n) is 3.56. The molecule has 2 aromatic heterocycles. The van der Waals surface area contributed by atoms with Gasteiger partial charge in [0, 0.05) is 21.4 Å². The largest absolute Gasteiger partial charge is 0.249 e. The molecule has 0 amide bonds. The lowest BCUT2D eigenvalue weighted by Gasteiger charge is -2.27. The topological polar surface area (TPSA) is 52.0 Å². The van der Waals surface area contributed by atoms with Crippen LogP contribution in [0.1, 0.15) is 13.3 Å². The lowest BCUT2D eigenvalue weighted by Crippen LogP contribution is -2.38. The summed E-state index contributed by atoms with van der Waals surface area (Å²) in [6.07, 6.45) is 9.21. The van der Waals surface area contributed by atoms with Crippen LogP contribution in [-0.2, 0) is 10.0 Å². The summed E-state index contributed by atoms with van der Waals surface area (Å²) in [5.74, 6) is 0. The van der Waals surface area contributed by atoms with Gasteiger partial charge in [0.05, 0.1) is 0 Å². The predicted molar refractivity (Wildman–Crippen MR) is 88.3 cm³/mol. The van der Waals surface area contributed by atoms with Gasteiger partial charge in [-0.3, -0.25) is 0 Å². The molecule has 0 spiro atoms. The number of nitrogens with zero attached hydrogens (tertiary/aromatic N) is 2. The van der Waals surface area contributed by atoms with Crippen LogP contribution in [0.2, 0.25) is 0 Å². The maximum Gasteiger partial charge on any atom is 0.249 e. The van der Waals surface area contributed by atoms with Gasteiger partial charge in [0.1, 0.15) is 4.75 Å². The molecule has 1 atom stereocenters. The zero-order valence-corrected chi connectivity index (χ0v) is 13.8. The Balaban J connectivity index is 2.16. The first kappa shape index (κ1) is 13.8. The molecule has 1 aliphatic carbocycles. The Morgan fingerprint density at radius 2 is 2.20 bits per heavy atom. The van der Waals surface area contributed by atoms with E-state index in [1.54, 1.807) is 37.5 Å². The summed E-state index contributed by atoms with van der Waals surface area (Å²) in [7, 11) is -3.55. The van der Waals surface area contributed by atoms with Gasteiger partial charge in [-0.25, -0.2) is 17.4 Å². The van der Waals surface area contributed by atoms with E-state index < -0.39 is 14.8 Å². The van der Waals surface area contributed by atoms with Gasteiger partial charge in [-0.15, -0.1) is 0 Å². The highest BCUT2D eigenvalue weighted by Gasteiger charge is 2.39. The molecule has 0 aliphatic heterocycles. The molecule has 20 heavy (non-hydrogen) atoms. The van der Waals surface area contributed by atoms with E-state index in [9.17, 15) is 8.42 Å². The van der Waals surface area contributed by atoms with Crippen LogP contribution in [0, 0.1) is 0 Å². The van der Waals surface area contributed by atoms with Crippen LogP contribution < -0.4 is 0 Å². The number of hydrogen-bond donors (Lipinski definition) is 0. The standard InChI is InChI=1S/C14H13IN2O2S/c1-14(7-4-12(15)5-8-14)20(18,19)17-10-6-11-3-2-9-16-13(11)17/h2-7,9-10H,8H2,1H3. The Bertz CT molecular complexity index is 836. The minimum absolute atomic E-state index is 0.469. The van der Waals surface area contributed by atoms with E-state index in [1.807, 2.05) is 18.2 Å². The molecule has 3 rings (SSSR count). The number of halogens is 1. The molecule has 1 aliphatic rings. The van der Waals surface area contributed by atoms with Crippen LogP contribution in [0.3, 0.4) is 0 Å². The van der Waals surface area contributed by atoms with E-state index in [4.69, 9.17) is 0 Å². The molecule has 104 valence electrons. The number of fused-ring (bicyclic) bond motifs is 1. The van der Waals surface area contributed by atoms with E-state index in [1.165, 1.54) is 3.97 Å². The molecule has 2 heterocycles. The van der Waals surface area contributed by atoms with Crippen molar-refractivity contribution < 1.29 is 8.42 Å². The highest BCUT2D eigenvalue weighted by molar-refractivity contribution is 14.1. The van der Waals surface area contributed by atoms with Gasteiger partial charge in [0.15, 0.2) is 5.65 Å². The summed E-state index contributed by atoms with van der Waals surface area (Å²) in [6, 6.07) is 5.43. The molecule has 0 fully saturated rings. The number of allylic oxidation sites excluding steroid dienone is 3. The van der Waals surface area contributed by atoms with Gasteiger partial charge in [0.2, 0.25) is 10.0 Å². The third-order valence-corrected chi connectivity index (χ3v) is 6.65. The van der Waals surface area contributed by atoms with Gasteiger partial charge in [-0.2, -0.15) is 0 Å². The number of aromatic nitrogens is 2. The summed E-state index contributed by atoms with van der Waals surface area (Å²) in [5.41, 5.74) is 0.478. The maximum absolute atomic E-state index is 12.9. The molecule has 0 saturated carbocycles. The molecule has 2 aromatic rings. The Morgan fingerprint density at radius 1 is 1.40 bits per heavy atom. The van der Waals surface area contributed by atoms with Crippen molar-refractivity contribution >= 4 is 43.6 Å². The highest BCUT2D eigenvalue weighted by Crippen LogP contribution is 2.33. The van der Waals surface area contributed by atoms with Crippen molar-refractivity contribution in [3.63, 3.8) is 0 Å². The summed E-state index contributed by atoms with van der Waals surface area (Å²) in [4.78, 5) is 4.19. The lowest BCUT2D eigenvalue weighted by atomic mass is 10.0. The van der Waals surface area contributed by atoms with Gasteiger partial charge in [0.25, 0.3) is 0 Å². The van der Waals surface area contributed by atoms with Gasteiger partial charge < -0.3 is 0 Å². The van der Waals surface area contributed by atoms with Crippen molar-refractivity contribution in [3.05, 3.63) is 52.4 Å². The Morgan fingerprint density at radius 3 is 2.90 bits per heavy atom. The van der Waals surface area contributed by atoms with Crippen molar-refractivity contribution in [1.29, 1.82) is 0 Å². The second kappa shape index (κ2) is 4.70. The van der Waals surface area contributed by atoms with Crippen molar-refractivity contribution in [1.82, 2.24) is 8.96 Å². The monoisotopic (exact) mass is 400 g/mol. The zero-order chi connectivity index (χ0) is 14.4. The smallest absolute Gasteiger partial charge is 0.237 e. The predicted octanol–water partition coefficient (Wildman–Crippen LogP) is 3.25. The van der Waals surface area contributed by atoms with Crippen LogP contribution in [0.5, 0.6) is 0 Å². The molecular formula is C14H13IN2O2S. The fourth-order valence-electron chi connectivity index (χ4n) is 2.24. The first-order valence-corrected chi connectivity index (χ1v) is 8.68. The second-order valence-corrected chi connectivity index (χ2v) is 8.49. The quantitative estimate of drug-likeness (QED) is 0.728. The van der Waals surface area contributed by atoms with Gasteiger partial charge >= 0.3 is 0 Å². The molecule has 0 radical (unpaired) electrons. The maximum atomic E-state index is 12.9. The molecule has 1 unspecified atom stereocenters. The van der Waals surface area contributed by atoms with E-state index in [0.717, 1.165) is 8.97 Å². The second-order valence-electron chi connectivity index (χ2n) is 4.97. The third kappa shape index (κ3) is 2.01. The molecule has 0 N–H and O–H groups in total. The Hall–Kier alpha value is -1.15. The molecule has 6 heteroatoms. The number of rotatable bonds is 2. The van der Waals surface area contributed by atoms with E-state index in [0.29, 0.717) is 12.1 Å². The molecule has 4 nitrogen and oxygen atoms in total. The summed E-state index contributed by atoms with van der Waals surface area (Å²) in [6.45, 7) is 1.74. The van der Waals surface area contributed by atoms with Crippen LogP contribution in [0.15, 0.2) is 52.4 Å². The van der Waals surface area contributed by atoms with E-state index in [2.05, 4.69) is 27.6 Å². The van der Waals surface area contributed by atoms with Crippen molar-refractivity contribution in [2.24, 2.45) is 0 Å². The minimum atomic E-state index is -3.55. The molecule has 0 bridgehead atoms. The minimum Gasteiger partial charge on any atom is -0.237 e.